The highest BCUT2D eigenvalue weighted by atomic mass is 32.1. The third-order valence-electron chi connectivity index (χ3n) is 5.75. The minimum absolute atomic E-state index is 0.125. The van der Waals surface area contributed by atoms with E-state index < -0.39 is 0 Å². The molecule has 180 valence electrons. The largest absolute Gasteiger partial charge is 0.325 e. The molecule has 0 aliphatic heterocycles. The molecule has 0 unspecified atom stereocenters. The number of thiol groups is 2. The maximum absolute atomic E-state index is 13.4. The Kier molecular flexibility index (Phi) is 9.77. The van der Waals surface area contributed by atoms with E-state index in [0.29, 0.717) is 36.8 Å². The predicted octanol–water partition coefficient (Wildman–Crippen LogP) is 5.32. The SMILES string of the molecule is O=C(CCCCCS)Nc1ccc(NC(=O)CCCCCS)c2c1C(=O)c1ccccc1C2=O. The van der Waals surface area contributed by atoms with Crippen molar-refractivity contribution in [2.75, 3.05) is 22.1 Å². The number of unbranched alkanes of at least 4 members (excludes halogenated alkanes) is 4. The highest BCUT2D eigenvalue weighted by molar-refractivity contribution is 7.80. The van der Waals surface area contributed by atoms with Crippen molar-refractivity contribution in [2.45, 2.75) is 51.4 Å². The molecule has 2 aromatic carbocycles. The lowest BCUT2D eigenvalue weighted by Gasteiger charge is -2.23. The van der Waals surface area contributed by atoms with Crippen LogP contribution in [0, 0.1) is 0 Å². The fraction of sp³-hybridized carbons (Fsp3) is 0.385. The minimum Gasteiger partial charge on any atom is -0.325 e. The van der Waals surface area contributed by atoms with Gasteiger partial charge in [-0.05, 0) is 49.3 Å². The lowest BCUT2D eigenvalue weighted by Crippen LogP contribution is -2.26. The summed E-state index contributed by atoms with van der Waals surface area (Å²) in [5, 5.41) is 5.61. The van der Waals surface area contributed by atoms with Crippen molar-refractivity contribution in [1.82, 2.24) is 0 Å². The Morgan fingerprint density at radius 2 is 1.03 bits per heavy atom. The van der Waals surface area contributed by atoms with E-state index in [-0.39, 0.29) is 45.9 Å². The number of rotatable bonds is 12. The van der Waals surface area contributed by atoms with E-state index in [2.05, 4.69) is 35.9 Å². The summed E-state index contributed by atoms with van der Waals surface area (Å²) in [6.07, 6.45) is 5.68. The van der Waals surface area contributed by atoms with Crippen LogP contribution in [0.3, 0.4) is 0 Å². The molecule has 1 aliphatic rings. The molecule has 2 aromatic rings. The maximum atomic E-state index is 13.4. The van der Waals surface area contributed by atoms with Gasteiger partial charge in [-0.2, -0.15) is 25.3 Å². The van der Waals surface area contributed by atoms with E-state index in [4.69, 9.17) is 0 Å². The Balaban J connectivity index is 1.90. The predicted molar refractivity (Wildman–Crippen MR) is 142 cm³/mol. The van der Waals surface area contributed by atoms with Crippen LogP contribution in [0.25, 0.3) is 0 Å². The third-order valence-corrected chi connectivity index (χ3v) is 6.38. The molecule has 3 rings (SSSR count). The zero-order valence-corrected chi connectivity index (χ0v) is 20.9. The van der Waals surface area contributed by atoms with Crippen LogP contribution in [0.5, 0.6) is 0 Å². The zero-order valence-electron chi connectivity index (χ0n) is 19.1. The molecular weight excluding hydrogens is 468 g/mol. The number of fused-ring (bicyclic) bond motifs is 2. The highest BCUT2D eigenvalue weighted by Crippen LogP contribution is 2.36. The van der Waals surface area contributed by atoms with Gasteiger partial charge in [0.15, 0.2) is 11.6 Å². The van der Waals surface area contributed by atoms with Gasteiger partial charge >= 0.3 is 0 Å². The van der Waals surface area contributed by atoms with Gasteiger partial charge in [-0.1, -0.05) is 37.1 Å². The van der Waals surface area contributed by atoms with Crippen molar-refractivity contribution in [3.63, 3.8) is 0 Å². The Labute approximate surface area is 211 Å². The summed E-state index contributed by atoms with van der Waals surface area (Å²) in [6, 6.07) is 9.78. The van der Waals surface area contributed by atoms with Gasteiger partial charge in [-0.25, -0.2) is 0 Å². The molecule has 0 saturated heterocycles. The smallest absolute Gasteiger partial charge is 0.224 e. The van der Waals surface area contributed by atoms with Crippen molar-refractivity contribution >= 4 is 60.0 Å². The molecule has 34 heavy (non-hydrogen) atoms. The Hall–Kier alpha value is -2.58. The fourth-order valence-electron chi connectivity index (χ4n) is 4.00. The molecule has 0 heterocycles. The Bertz CT molecular complexity index is 1000. The van der Waals surface area contributed by atoms with Crippen LogP contribution in [0.4, 0.5) is 11.4 Å². The average molecular weight is 499 g/mol. The van der Waals surface area contributed by atoms with E-state index in [0.717, 1.165) is 37.2 Å². The van der Waals surface area contributed by atoms with Crippen LogP contribution >= 0.6 is 25.3 Å². The molecule has 6 nitrogen and oxygen atoms in total. The lowest BCUT2D eigenvalue weighted by atomic mass is 9.82. The summed E-state index contributed by atoms with van der Waals surface area (Å²) >= 11 is 8.36. The van der Waals surface area contributed by atoms with E-state index in [9.17, 15) is 19.2 Å². The summed E-state index contributed by atoms with van der Waals surface area (Å²) in [4.78, 5) is 51.9. The van der Waals surface area contributed by atoms with Gasteiger partial charge in [0, 0.05) is 24.0 Å². The van der Waals surface area contributed by atoms with Gasteiger partial charge in [-0.3, -0.25) is 19.2 Å². The van der Waals surface area contributed by atoms with E-state index in [1.807, 2.05) is 0 Å². The van der Waals surface area contributed by atoms with Crippen LogP contribution < -0.4 is 10.6 Å². The number of anilines is 2. The summed E-state index contributed by atoms with van der Waals surface area (Å²) < 4.78 is 0. The fourth-order valence-corrected chi connectivity index (χ4v) is 4.45. The number of hydrogen-bond donors (Lipinski definition) is 4. The number of amides is 2. The molecule has 0 atom stereocenters. The Morgan fingerprint density at radius 1 is 0.618 bits per heavy atom. The number of ketones is 2. The van der Waals surface area contributed by atoms with E-state index in [1.54, 1.807) is 36.4 Å². The molecule has 0 aromatic heterocycles. The van der Waals surface area contributed by atoms with Crippen LogP contribution in [0.15, 0.2) is 36.4 Å². The first-order valence-corrected chi connectivity index (χ1v) is 12.9. The molecule has 0 radical (unpaired) electrons. The summed E-state index contributed by atoms with van der Waals surface area (Å²) in [5.74, 6) is 0.407. The molecule has 2 amide bonds. The molecule has 0 bridgehead atoms. The van der Waals surface area contributed by atoms with Gasteiger partial charge < -0.3 is 10.6 Å². The van der Waals surface area contributed by atoms with Gasteiger partial charge in [0.2, 0.25) is 11.8 Å². The molecule has 0 spiro atoms. The van der Waals surface area contributed by atoms with Crippen molar-refractivity contribution < 1.29 is 19.2 Å². The molecule has 0 saturated carbocycles. The second-order valence-electron chi connectivity index (χ2n) is 8.28. The standard InChI is InChI=1S/C26H30N2O4S2/c29-21(11-3-1-7-15-33)27-19-13-14-20(28-22(30)12-4-2-8-16-34)24-23(19)25(31)17-9-5-6-10-18(17)26(24)32/h5-6,9-10,13-14,33-34H,1-4,7-8,11-12,15-16H2,(H,27,29)(H,28,30). The number of carbonyl (C=O) groups excluding carboxylic acids is 4. The second kappa shape index (κ2) is 12.8. The van der Waals surface area contributed by atoms with Gasteiger partial charge in [0.25, 0.3) is 0 Å². The van der Waals surface area contributed by atoms with Crippen molar-refractivity contribution in [3.05, 3.63) is 58.7 Å². The minimum atomic E-state index is -0.347. The first kappa shape index (κ1) is 26.0. The molecule has 2 N–H and O–H groups in total. The normalized spacial score (nSPS) is 12.2. The number of nitrogens with one attached hydrogen (secondary N) is 2. The summed E-state index contributed by atoms with van der Waals surface area (Å²) in [5.41, 5.74) is 1.40. The first-order valence-electron chi connectivity index (χ1n) is 11.6. The summed E-state index contributed by atoms with van der Waals surface area (Å²) in [6.45, 7) is 0. The molecule has 0 fully saturated rings. The van der Waals surface area contributed by atoms with Crippen LogP contribution in [-0.2, 0) is 9.59 Å². The zero-order chi connectivity index (χ0) is 24.5. The average Bonchev–Trinajstić information content (AvgIpc) is 2.84. The van der Waals surface area contributed by atoms with Gasteiger partial charge in [0.05, 0.1) is 22.5 Å². The van der Waals surface area contributed by atoms with Crippen LogP contribution in [-0.4, -0.2) is 34.9 Å². The van der Waals surface area contributed by atoms with E-state index in [1.165, 1.54) is 0 Å². The number of benzene rings is 2. The first-order chi connectivity index (χ1) is 16.5. The summed E-state index contributed by atoms with van der Waals surface area (Å²) in [7, 11) is 0. The van der Waals surface area contributed by atoms with Crippen LogP contribution in [0.1, 0.15) is 83.2 Å². The molecule has 8 heteroatoms. The molecular formula is C26H30N2O4S2. The number of hydrogen-bond acceptors (Lipinski definition) is 6. The van der Waals surface area contributed by atoms with Crippen molar-refractivity contribution in [2.24, 2.45) is 0 Å². The van der Waals surface area contributed by atoms with Crippen molar-refractivity contribution in [3.8, 4) is 0 Å². The lowest BCUT2D eigenvalue weighted by molar-refractivity contribution is -0.117. The quantitative estimate of drug-likeness (QED) is 0.201. The van der Waals surface area contributed by atoms with Gasteiger partial charge in [-0.15, -0.1) is 0 Å². The topological polar surface area (TPSA) is 92.3 Å². The Morgan fingerprint density at radius 3 is 1.41 bits per heavy atom. The second-order valence-corrected chi connectivity index (χ2v) is 9.17. The van der Waals surface area contributed by atoms with Gasteiger partial charge in [0.1, 0.15) is 0 Å². The molecule has 1 aliphatic carbocycles. The van der Waals surface area contributed by atoms with Crippen molar-refractivity contribution in [1.29, 1.82) is 0 Å². The van der Waals surface area contributed by atoms with Crippen LogP contribution in [0.2, 0.25) is 0 Å². The third kappa shape index (κ3) is 6.30. The maximum Gasteiger partial charge on any atom is 0.224 e. The van der Waals surface area contributed by atoms with E-state index >= 15 is 0 Å². The monoisotopic (exact) mass is 498 g/mol. The highest BCUT2D eigenvalue weighted by Gasteiger charge is 2.34. The number of carbonyl (C=O) groups is 4.